The average molecular weight is 214 g/mol. The van der Waals surface area contributed by atoms with Crippen molar-refractivity contribution in [2.45, 2.75) is 18.9 Å². The molecule has 4 nitrogen and oxygen atoms in total. The van der Waals surface area contributed by atoms with E-state index in [9.17, 15) is 4.79 Å². The molecule has 5 heteroatoms. The van der Waals surface area contributed by atoms with E-state index in [4.69, 9.17) is 17.0 Å². The van der Waals surface area contributed by atoms with E-state index in [-0.39, 0.29) is 12.0 Å². The summed E-state index contributed by atoms with van der Waals surface area (Å²) in [5.41, 5.74) is 0. The van der Waals surface area contributed by atoms with Crippen LogP contribution in [0.3, 0.4) is 0 Å². The molecule has 1 amide bonds. The number of amides is 1. The van der Waals surface area contributed by atoms with E-state index in [1.165, 1.54) is 0 Å². The number of hydrogen-bond acceptors (Lipinski definition) is 3. The molecular weight excluding hydrogens is 200 g/mol. The maximum atomic E-state index is 11.5. The van der Waals surface area contributed by atoms with Gasteiger partial charge in [0.15, 0.2) is 5.11 Å². The van der Waals surface area contributed by atoms with Crippen molar-refractivity contribution in [1.29, 1.82) is 0 Å². The Morgan fingerprint density at radius 2 is 2.43 bits per heavy atom. The first-order valence-corrected chi connectivity index (χ1v) is 5.26. The smallest absolute Gasteiger partial charge is 0.248 e. The third kappa shape index (κ3) is 1.74. The van der Waals surface area contributed by atoms with E-state index < -0.39 is 0 Å². The highest BCUT2D eigenvalue weighted by atomic mass is 32.1. The number of carbonyl (C=O) groups excluding carboxylic acids is 1. The minimum absolute atomic E-state index is 0.0907. The molecule has 0 N–H and O–H groups in total. The lowest BCUT2D eigenvalue weighted by molar-refractivity contribution is -0.125. The molecule has 2 fully saturated rings. The van der Waals surface area contributed by atoms with Gasteiger partial charge in [0, 0.05) is 13.7 Å². The van der Waals surface area contributed by atoms with E-state index in [0.717, 1.165) is 19.4 Å². The summed E-state index contributed by atoms with van der Waals surface area (Å²) >= 11 is 5.15. The molecule has 0 aromatic heterocycles. The van der Waals surface area contributed by atoms with Crippen molar-refractivity contribution in [2.75, 3.05) is 26.7 Å². The number of likely N-dealkylation sites (N-methyl/N-ethyl adjacent to an activating group) is 1. The summed E-state index contributed by atoms with van der Waals surface area (Å²) in [4.78, 5) is 15.0. The van der Waals surface area contributed by atoms with Crippen LogP contribution in [-0.2, 0) is 9.53 Å². The van der Waals surface area contributed by atoms with Gasteiger partial charge in [-0.2, -0.15) is 0 Å². The number of hydrogen-bond donors (Lipinski definition) is 0. The Hall–Kier alpha value is -0.680. The molecule has 14 heavy (non-hydrogen) atoms. The van der Waals surface area contributed by atoms with Gasteiger partial charge >= 0.3 is 0 Å². The molecule has 0 aromatic rings. The van der Waals surface area contributed by atoms with Crippen molar-refractivity contribution >= 4 is 23.2 Å². The lowest BCUT2D eigenvalue weighted by Crippen LogP contribution is -2.37. The highest BCUT2D eigenvalue weighted by molar-refractivity contribution is 7.80. The molecule has 0 bridgehead atoms. The summed E-state index contributed by atoms with van der Waals surface area (Å²) in [7, 11) is 1.84. The molecule has 0 radical (unpaired) electrons. The molecule has 2 saturated heterocycles. The third-order valence-electron chi connectivity index (χ3n) is 2.64. The van der Waals surface area contributed by atoms with Crippen molar-refractivity contribution in [2.24, 2.45) is 0 Å². The maximum Gasteiger partial charge on any atom is 0.248 e. The lowest BCUT2D eigenvalue weighted by Gasteiger charge is -2.20. The van der Waals surface area contributed by atoms with E-state index in [0.29, 0.717) is 18.2 Å². The largest absolute Gasteiger partial charge is 0.376 e. The Kier molecular flexibility index (Phi) is 2.69. The summed E-state index contributed by atoms with van der Waals surface area (Å²) in [5, 5.41) is 0.630. The van der Waals surface area contributed by atoms with Gasteiger partial charge < -0.3 is 9.64 Å². The molecule has 2 rings (SSSR count). The van der Waals surface area contributed by atoms with E-state index >= 15 is 0 Å². The van der Waals surface area contributed by atoms with Crippen LogP contribution < -0.4 is 0 Å². The van der Waals surface area contributed by atoms with Gasteiger partial charge in [0.2, 0.25) is 5.91 Å². The SMILES string of the molecule is CN1CC(=O)N(C[C@@H]2CCCO2)C1=S. The molecule has 78 valence electrons. The van der Waals surface area contributed by atoms with Crippen LogP contribution in [0.25, 0.3) is 0 Å². The van der Waals surface area contributed by atoms with Crippen LogP contribution in [-0.4, -0.2) is 53.7 Å². The van der Waals surface area contributed by atoms with Gasteiger partial charge in [-0.15, -0.1) is 0 Å². The maximum absolute atomic E-state index is 11.5. The monoisotopic (exact) mass is 214 g/mol. The molecule has 0 unspecified atom stereocenters. The second kappa shape index (κ2) is 3.82. The van der Waals surface area contributed by atoms with Gasteiger partial charge in [0.05, 0.1) is 19.2 Å². The van der Waals surface area contributed by atoms with Crippen LogP contribution in [0.15, 0.2) is 0 Å². The topological polar surface area (TPSA) is 32.8 Å². The predicted octanol–water partition coefficient (Wildman–Crippen LogP) is 0.224. The Morgan fingerprint density at radius 3 is 2.93 bits per heavy atom. The average Bonchev–Trinajstić information content (AvgIpc) is 2.71. The van der Waals surface area contributed by atoms with Crippen molar-refractivity contribution in [3.8, 4) is 0 Å². The van der Waals surface area contributed by atoms with Crippen molar-refractivity contribution in [3.63, 3.8) is 0 Å². The summed E-state index contributed by atoms with van der Waals surface area (Å²) < 4.78 is 5.47. The van der Waals surface area contributed by atoms with Crippen molar-refractivity contribution in [3.05, 3.63) is 0 Å². The molecule has 0 aliphatic carbocycles. The zero-order valence-corrected chi connectivity index (χ0v) is 9.05. The quantitative estimate of drug-likeness (QED) is 0.616. The Bertz CT molecular complexity index is 264. The fourth-order valence-electron chi connectivity index (χ4n) is 1.84. The van der Waals surface area contributed by atoms with Crippen molar-refractivity contribution < 1.29 is 9.53 Å². The van der Waals surface area contributed by atoms with E-state index in [1.54, 1.807) is 9.80 Å². The highest BCUT2D eigenvalue weighted by Crippen LogP contribution is 2.16. The molecule has 2 aliphatic heterocycles. The van der Waals surface area contributed by atoms with Crippen LogP contribution in [0.5, 0.6) is 0 Å². The fraction of sp³-hybridized carbons (Fsp3) is 0.778. The number of thiocarbonyl (C=S) groups is 1. The minimum Gasteiger partial charge on any atom is -0.376 e. The lowest BCUT2D eigenvalue weighted by atomic mass is 10.2. The van der Waals surface area contributed by atoms with Crippen LogP contribution in [0.2, 0.25) is 0 Å². The van der Waals surface area contributed by atoms with Crippen molar-refractivity contribution in [1.82, 2.24) is 9.80 Å². The van der Waals surface area contributed by atoms with Crippen LogP contribution >= 0.6 is 12.2 Å². The highest BCUT2D eigenvalue weighted by Gasteiger charge is 2.32. The normalized spacial score (nSPS) is 27.9. The molecule has 1 atom stereocenters. The van der Waals surface area contributed by atoms with Gasteiger partial charge in [-0.25, -0.2) is 0 Å². The summed E-state index contributed by atoms with van der Waals surface area (Å²) in [6, 6.07) is 0. The predicted molar refractivity (Wildman–Crippen MR) is 55.9 cm³/mol. The van der Waals surface area contributed by atoms with Gasteiger partial charge in [0.25, 0.3) is 0 Å². The van der Waals surface area contributed by atoms with Gasteiger partial charge in [-0.05, 0) is 25.1 Å². The Balaban J connectivity index is 1.96. The zero-order valence-electron chi connectivity index (χ0n) is 8.23. The van der Waals surface area contributed by atoms with Crippen LogP contribution in [0.4, 0.5) is 0 Å². The Morgan fingerprint density at radius 1 is 1.64 bits per heavy atom. The van der Waals surface area contributed by atoms with Gasteiger partial charge in [-0.3, -0.25) is 9.69 Å². The molecule has 0 aromatic carbocycles. The minimum atomic E-state index is 0.0907. The number of carbonyl (C=O) groups is 1. The number of nitrogens with zero attached hydrogens (tertiary/aromatic N) is 2. The number of rotatable bonds is 2. The molecule has 2 aliphatic rings. The zero-order chi connectivity index (χ0) is 10.1. The fourth-order valence-corrected chi connectivity index (χ4v) is 2.08. The summed E-state index contributed by atoms with van der Waals surface area (Å²) in [6.07, 6.45) is 2.31. The van der Waals surface area contributed by atoms with Gasteiger partial charge in [-0.1, -0.05) is 0 Å². The molecule has 2 heterocycles. The first-order chi connectivity index (χ1) is 6.68. The summed E-state index contributed by atoms with van der Waals surface area (Å²) in [5.74, 6) is 0.0907. The Labute approximate surface area is 88.8 Å². The van der Waals surface area contributed by atoms with Crippen LogP contribution in [0, 0.1) is 0 Å². The van der Waals surface area contributed by atoms with Crippen LogP contribution in [0.1, 0.15) is 12.8 Å². The summed E-state index contributed by atoms with van der Waals surface area (Å²) in [6.45, 7) is 1.85. The molecule has 0 saturated carbocycles. The van der Waals surface area contributed by atoms with E-state index in [2.05, 4.69) is 0 Å². The molecular formula is C9H14N2O2S. The second-order valence-electron chi connectivity index (χ2n) is 3.78. The first kappa shape index (κ1) is 9.86. The van der Waals surface area contributed by atoms with E-state index in [1.807, 2.05) is 7.05 Å². The third-order valence-corrected chi connectivity index (χ3v) is 3.17. The molecule has 0 spiro atoms. The standard InChI is InChI=1S/C9H14N2O2S/c1-10-6-8(12)11(9(10)14)5-7-3-2-4-13-7/h7H,2-6H2,1H3/t7-/m0/s1. The number of ether oxygens (including phenoxy) is 1. The first-order valence-electron chi connectivity index (χ1n) is 4.85. The van der Waals surface area contributed by atoms with Gasteiger partial charge in [0.1, 0.15) is 0 Å². The second-order valence-corrected chi connectivity index (χ2v) is 4.14.